The smallest absolute Gasteiger partial charge is 0.254 e. The lowest BCUT2D eigenvalue weighted by Crippen LogP contribution is -2.26. The molecule has 0 radical (unpaired) electrons. The number of hydrogen-bond donors (Lipinski definition) is 0. The second-order valence-electron chi connectivity index (χ2n) is 4.65. The molecule has 0 aliphatic carbocycles. The molecule has 0 aromatic heterocycles. The van der Waals surface area contributed by atoms with E-state index in [0.717, 1.165) is 5.56 Å². The first-order chi connectivity index (χ1) is 10.2. The summed E-state index contributed by atoms with van der Waals surface area (Å²) in [5.74, 6) is 0.427. The minimum atomic E-state index is -0.0876. The zero-order valence-electron chi connectivity index (χ0n) is 11.9. The molecular weight excluding hydrogens is 266 g/mol. The van der Waals surface area contributed by atoms with E-state index in [1.54, 1.807) is 36.2 Å². The van der Waals surface area contributed by atoms with Crippen LogP contribution in [0.25, 0.3) is 0 Å². The third kappa shape index (κ3) is 4.18. The van der Waals surface area contributed by atoms with Gasteiger partial charge >= 0.3 is 0 Å². The van der Waals surface area contributed by atoms with E-state index in [2.05, 4.69) is 0 Å². The standard InChI is InChI=1S/C17H17NO3/c1-18(13-14-6-3-2-4-7-14)17(20)15-8-5-9-16(12-15)21-11-10-19/h2-10,12H,11,13H2,1H3. The van der Waals surface area contributed by atoms with Gasteiger partial charge in [0.1, 0.15) is 12.4 Å². The van der Waals surface area contributed by atoms with Crippen LogP contribution in [0.4, 0.5) is 0 Å². The molecule has 1 amide bonds. The summed E-state index contributed by atoms with van der Waals surface area (Å²) in [5, 5.41) is 0. The minimum Gasteiger partial charge on any atom is -0.486 e. The van der Waals surface area contributed by atoms with Crippen molar-refractivity contribution >= 4 is 12.2 Å². The van der Waals surface area contributed by atoms with Crippen LogP contribution < -0.4 is 4.74 Å². The Balaban J connectivity index is 2.06. The van der Waals surface area contributed by atoms with E-state index < -0.39 is 0 Å². The topological polar surface area (TPSA) is 46.6 Å². The van der Waals surface area contributed by atoms with Crippen molar-refractivity contribution in [3.05, 3.63) is 65.7 Å². The Hall–Kier alpha value is -2.62. The van der Waals surface area contributed by atoms with Crippen molar-refractivity contribution in [3.8, 4) is 5.75 Å². The molecular formula is C17H17NO3. The average Bonchev–Trinajstić information content (AvgIpc) is 2.53. The number of rotatable bonds is 6. The van der Waals surface area contributed by atoms with E-state index >= 15 is 0 Å². The van der Waals surface area contributed by atoms with Gasteiger partial charge < -0.3 is 9.64 Å². The van der Waals surface area contributed by atoms with Gasteiger partial charge in [0.05, 0.1) is 0 Å². The molecule has 0 saturated heterocycles. The van der Waals surface area contributed by atoms with E-state index in [9.17, 15) is 9.59 Å². The monoisotopic (exact) mass is 283 g/mol. The number of nitrogens with zero attached hydrogens (tertiary/aromatic N) is 1. The lowest BCUT2D eigenvalue weighted by molar-refractivity contribution is -0.109. The molecule has 0 saturated carbocycles. The highest BCUT2D eigenvalue weighted by Gasteiger charge is 2.12. The van der Waals surface area contributed by atoms with Crippen LogP contribution in [0.3, 0.4) is 0 Å². The zero-order chi connectivity index (χ0) is 15.1. The summed E-state index contributed by atoms with van der Waals surface area (Å²) in [6.07, 6.45) is 0.677. The van der Waals surface area contributed by atoms with Crippen LogP contribution in [0.2, 0.25) is 0 Å². The molecule has 2 aromatic rings. The van der Waals surface area contributed by atoms with Gasteiger partial charge in [-0.25, -0.2) is 0 Å². The first-order valence-corrected chi connectivity index (χ1v) is 6.66. The van der Waals surface area contributed by atoms with Gasteiger partial charge in [-0.15, -0.1) is 0 Å². The predicted octanol–water partition coefficient (Wildman–Crippen LogP) is 2.54. The minimum absolute atomic E-state index is 0.0164. The molecule has 0 heterocycles. The maximum atomic E-state index is 12.4. The number of aldehydes is 1. The van der Waals surface area contributed by atoms with Crippen molar-refractivity contribution in [2.45, 2.75) is 6.54 Å². The number of carbonyl (C=O) groups is 2. The van der Waals surface area contributed by atoms with Crippen LogP contribution in [-0.2, 0) is 11.3 Å². The summed E-state index contributed by atoms with van der Waals surface area (Å²) in [6, 6.07) is 16.6. The summed E-state index contributed by atoms with van der Waals surface area (Å²) >= 11 is 0. The molecule has 2 aromatic carbocycles. The van der Waals surface area contributed by atoms with Crippen molar-refractivity contribution < 1.29 is 14.3 Å². The highest BCUT2D eigenvalue weighted by molar-refractivity contribution is 5.94. The normalized spacial score (nSPS) is 9.95. The lowest BCUT2D eigenvalue weighted by Gasteiger charge is -2.17. The summed E-state index contributed by atoms with van der Waals surface area (Å²) in [6.45, 7) is 0.524. The molecule has 108 valence electrons. The van der Waals surface area contributed by atoms with Crippen molar-refractivity contribution in [2.75, 3.05) is 13.7 Å². The fourth-order valence-corrected chi connectivity index (χ4v) is 2.00. The van der Waals surface area contributed by atoms with E-state index in [-0.39, 0.29) is 12.5 Å². The third-order valence-corrected chi connectivity index (χ3v) is 3.01. The van der Waals surface area contributed by atoms with Gasteiger partial charge in [0, 0.05) is 19.2 Å². The Bertz CT molecular complexity index is 610. The first kappa shape index (κ1) is 14.8. The number of ether oxygens (including phenoxy) is 1. The van der Waals surface area contributed by atoms with Crippen LogP contribution in [0.1, 0.15) is 15.9 Å². The maximum absolute atomic E-state index is 12.4. The van der Waals surface area contributed by atoms with Crippen molar-refractivity contribution in [3.63, 3.8) is 0 Å². The van der Waals surface area contributed by atoms with Gasteiger partial charge in [-0.05, 0) is 23.8 Å². The van der Waals surface area contributed by atoms with Gasteiger partial charge in [0.25, 0.3) is 5.91 Å². The fraction of sp³-hybridized carbons (Fsp3) is 0.176. The molecule has 0 aliphatic heterocycles. The highest BCUT2D eigenvalue weighted by atomic mass is 16.5. The van der Waals surface area contributed by atoms with E-state index in [1.165, 1.54) is 0 Å². The highest BCUT2D eigenvalue weighted by Crippen LogP contribution is 2.15. The second kappa shape index (κ2) is 7.24. The molecule has 0 bridgehead atoms. The summed E-state index contributed by atoms with van der Waals surface area (Å²) in [4.78, 5) is 24.3. The molecule has 4 heteroatoms. The Labute approximate surface area is 124 Å². The average molecular weight is 283 g/mol. The predicted molar refractivity (Wildman–Crippen MR) is 80.2 cm³/mol. The van der Waals surface area contributed by atoms with Crippen molar-refractivity contribution in [1.29, 1.82) is 0 Å². The van der Waals surface area contributed by atoms with Crippen LogP contribution in [0, 0.1) is 0 Å². The molecule has 0 unspecified atom stereocenters. The lowest BCUT2D eigenvalue weighted by atomic mass is 10.1. The number of benzene rings is 2. The molecule has 0 fully saturated rings. The van der Waals surface area contributed by atoms with Crippen LogP contribution >= 0.6 is 0 Å². The Kier molecular flexibility index (Phi) is 5.10. The SMILES string of the molecule is CN(Cc1ccccc1)C(=O)c1cccc(OCC=O)c1. The molecule has 4 nitrogen and oxygen atoms in total. The molecule has 21 heavy (non-hydrogen) atoms. The Morgan fingerprint density at radius 3 is 2.62 bits per heavy atom. The first-order valence-electron chi connectivity index (χ1n) is 6.66. The zero-order valence-corrected chi connectivity index (χ0v) is 11.9. The number of hydrogen-bond acceptors (Lipinski definition) is 3. The molecule has 0 spiro atoms. The Morgan fingerprint density at radius 2 is 1.90 bits per heavy atom. The largest absolute Gasteiger partial charge is 0.486 e. The van der Waals surface area contributed by atoms with Crippen LogP contribution in [-0.4, -0.2) is 30.7 Å². The van der Waals surface area contributed by atoms with E-state index in [4.69, 9.17) is 4.74 Å². The fourth-order valence-electron chi connectivity index (χ4n) is 2.00. The van der Waals surface area contributed by atoms with E-state index in [1.807, 2.05) is 30.3 Å². The van der Waals surface area contributed by atoms with E-state index in [0.29, 0.717) is 24.1 Å². The van der Waals surface area contributed by atoms with Gasteiger partial charge in [-0.2, -0.15) is 0 Å². The summed E-state index contributed by atoms with van der Waals surface area (Å²) < 4.78 is 5.21. The summed E-state index contributed by atoms with van der Waals surface area (Å²) in [5.41, 5.74) is 1.61. The molecule has 0 N–H and O–H groups in total. The molecule has 0 aliphatic rings. The number of amides is 1. The van der Waals surface area contributed by atoms with Gasteiger partial charge in [-0.3, -0.25) is 9.59 Å². The van der Waals surface area contributed by atoms with Crippen molar-refractivity contribution in [2.24, 2.45) is 0 Å². The third-order valence-electron chi connectivity index (χ3n) is 3.01. The second-order valence-corrected chi connectivity index (χ2v) is 4.65. The van der Waals surface area contributed by atoms with Gasteiger partial charge in [0.15, 0.2) is 6.29 Å². The van der Waals surface area contributed by atoms with Crippen molar-refractivity contribution in [1.82, 2.24) is 4.90 Å². The van der Waals surface area contributed by atoms with Crippen LogP contribution in [0.15, 0.2) is 54.6 Å². The summed E-state index contributed by atoms with van der Waals surface area (Å²) in [7, 11) is 1.76. The Morgan fingerprint density at radius 1 is 1.14 bits per heavy atom. The quantitative estimate of drug-likeness (QED) is 0.765. The number of carbonyl (C=O) groups excluding carboxylic acids is 2. The van der Waals surface area contributed by atoms with Crippen LogP contribution in [0.5, 0.6) is 5.75 Å². The van der Waals surface area contributed by atoms with Gasteiger partial charge in [-0.1, -0.05) is 36.4 Å². The molecule has 0 atom stereocenters. The van der Waals surface area contributed by atoms with Gasteiger partial charge in [0.2, 0.25) is 0 Å². The maximum Gasteiger partial charge on any atom is 0.254 e. The molecule has 2 rings (SSSR count).